The molecule has 0 spiro atoms. The summed E-state index contributed by atoms with van der Waals surface area (Å²) in [5.74, 6) is 3.23. The Bertz CT molecular complexity index is 2150. The lowest BCUT2D eigenvalue weighted by molar-refractivity contribution is 0.483. The fourth-order valence-corrected chi connectivity index (χ4v) is 6.41. The van der Waals surface area contributed by atoms with Crippen LogP contribution in [0.3, 0.4) is 0 Å². The second-order valence-electron chi connectivity index (χ2n) is 12.6. The average molecular weight is 591 g/mol. The molecule has 5 heteroatoms. The molecule has 0 aliphatic rings. The summed E-state index contributed by atoms with van der Waals surface area (Å²) in [6, 6.07) is 31.7. The minimum absolute atomic E-state index is 0.412. The standard InChI is InChI=1S/C40H38N4O/c1-25(2)35-18-28(6)19-36(26(3)4)40(35)29-23-42-43(24-29)30-10-9-11-31(21-30)45-32-14-15-34-33-12-7-8-13-37(33)44(38(34)22-32)39-20-27(5)16-17-41-39/h7-26H,1-6H3. The summed E-state index contributed by atoms with van der Waals surface area (Å²) in [5.41, 5.74) is 10.8. The molecule has 0 saturated heterocycles. The number of aryl methyl sites for hydroxylation is 2. The molecule has 0 fully saturated rings. The van der Waals surface area contributed by atoms with E-state index in [0.717, 1.165) is 45.0 Å². The van der Waals surface area contributed by atoms with Gasteiger partial charge in [-0.2, -0.15) is 5.10 Å². The summed E-state index contributed by atoms with van der Waals surface area (Å²) in [5, 5.41) is 7.15. The summed E-state index contributed by atoms with van der Waals surface area (Å²) >= 11 is 0. The number of nitrogens with zero attached hydrogens (tertiary/aromatic N) is 4. The third-order valence-electron chi connectivity index (χ3n) is 8.55. The predicted octanol–water partition coefficient (Wildman–Crippen LogP) is 10.7. The maximum atomic E-state index is 6.49. The van der Waals surface area contributed by atoms with Crippen LogP contribution in [0.25, 0.3) is 44.4 Å². The molecule has 0 radical (unpaired) electrons. The fourth-order valence-electron chi connectivity index (χ4n) is 6.41. The highest BCUT2D eigenvalue weighted by Gasteiger charge is 2.19. The van der Waals surface area contributed by atoms with Gasteiger partial charge in [-0.05, 0) is 90.4 Å². The molecule has 0 atom stereocenters. The zero-order valence-corrected chi connectivity index (χ0v) is 26.7. The average Bonchev–Trinajstić information content (AvgIpc) is 3.64. The molecule has 7 rings (SSSR count). The van der Waals surface area contributed by atoms with Crippen LogP contribution in [0.4, 0.5) is 0 Å². The van der Waals surface area contributed by atoms with Crippen molar-refractivity contribution in [2.45, 2.75) is 53.4 Å². The molecule has 3 heterocycles. The van der Waals surface area contributed by atoms with E-state index in [1.807, 2.05) is 47.4 Å². The van der Waals surface area contributed by atoms with Crippen molar-refractivity contribution < 1.29 is 4.74 Å². The van der Waals surface area contributed by atoms with Crippen molar-refractivity contribution in [3.63, 3.8) is 0 Å². The molecule has 4 aromatic carbocycles. The van der Waals surface area contributed by atoms with E-state index in [2.05, 4.69) is 113 Å². The van der Waals surface area contributed by atoms with E-state index < -0.39 is 0 Å². The van der Waals surface area contributed by atoms with Crippen LogP contribution in [0.15, 0.2) is 110 Å². The summed E-state index contributed by atoms with van der Waals surface area (Å²) in [6.45, 7) is 13.3. The maximum Gasteiger partial charge on any atom is 0.137 e. The lowest BCUT2D eigenvalue weighted by Crippen LogP contribution is -2.01. The molecule has 0 bridgehead atoms. The SMILES string of the molecule is Cc1ccnc(-n2c3ccccc3c3ccc(Oc4cccc(-n5cc(-c6c(C(C)C)cc(C)cc6C(C)C)cn5)c4)cc32)c1. The Labute approximate surface area is 264 Å². The second-order valence-corrected chi connectivity index (χ2v) is 12.6. The molecule has 45 heavy (non-hydrogen) atoms. The molecular formula is C40H38N4O. The molecule has 7 aromatic rings. The third kappa shape index (κ3) is 5.29. The van der Waals surface area contributed by atoms with Crippen LogP contribution >= 0.6 is 0 Å². The summed E-state index contributed by atoms with van der Waals surface area (Å²) in [6.07, 6.45) is 5.99. The van der Waals surface area contributed by atoms with Gasteiger partial charge in [0.1, 0.15) is 17.3 Å². The Morgan fingerprint density at radius 1 is 0.667 bits per heavy atom. The minimum atomic E-state index is 0.412. The van der Waals surface area contributed by atoms with Crippen LogP contribution in [0.5, 0.6) is 11.5 Å². The third-order valence-corrected chi connectivity index (χ3v) is 8.55. The summed E-state index contributed by atoms with van der Waals surface area (Å²) < 4.78 is 10.7. The molecule has 0 amide bonds. The fraction of sp³-hybridized carbons (Fsp3) is 0.200. The first kappa shape index (κ1) is 28.6. The number of ether oxygens (including phenoxy) is 1. The van der Waals surface area contributed by atoms with Crippen molar-refractivity contribution in [3.05, 3.63) is 132 Å². The van der Waals surface area contributed by atoms with Gasteiger partial charge in [0.2, 0.25) is 0 Å². The van der Waals surface area contributed by atoms with Crippen molar-refractivity contribution >= 4 is 21.8 Å². The molecule has 0 aliphatic heterocycles. The Morgan fingerprint density at radius 3 is 2.16 bits per heavy atom. The van der Waals surface area contributed by atoms with E-state index >= 15 is 0 Å². The van der Waals surface area contributed by atoms with Gasteiger partial charge in [0.25, 0.3) is 0 Å². The van der Waals surface area contributed by atoms with Gasteiger partial charge in [0.15, 0.2) is 0 Å². The predicted molar refractivity (Wildman–Crippen MR) is 185 cm³/mol. The van der Waals surface area contributed by atoms with Gasteiger partial charge in [0.05, 0.1) is 22.9 Å². The Hall–Kier alpha value is -5.16. The van der Waals surface area contributed by atoms with Gasteiger partial charge in [-0.25, -0.2) is 9.67 Å². The number of hydrogen-bond acceptors (Lipinski definition) is 3. The van der Waals surface area contributed by atoms with Gasteiger partial charge < -0.3 is 4.74 Å². The second kappa shape index (κ2) is 11.4. The zero-order valence-electron chi connectivity index (χ0n) is 26.7. The molecule has 224 valence electrons. The van der Waals surface area contributed by atoms with E-state index in [1.165, 1.54) is 33.2 Å². The largest absolute Gasteiger partial charge is 0.457 e. The molecule has 0 unspecified atom stereocenters. The van der Waals surface area contributed by atoms with Crippen LogP contribution in [-0.4, -0.2) is 19.3 Å². The van der Waals surface area contributed by atoms with Crippen LogP contribution in [0, 0.1) is 13.8 Å². The maximum absolute atomic E-state index is 6.49. The molecular weight excluding hydrogens is 552 g/mol. The normalized spacial score (nSPS) is 11.7. The molecule has 0 saturated carbocycles. The van der Waals surface area contributed by atoms with Gasteiger partial charge in [0, 0.05) is 40.9 Å². The van der Waals surface area contributed by atoms with Crippen molar-refractivity contribution in [2.24, 2.45) is 0 Å². The Morgan fingerprint density at radius 2 is 1.40 bits per heavy atom. The first-order chi connectivity index (χ1) is 21.8. The van der Waals surface area contributed by atoms with E-state index in [9.17, 15) is 0 Å². The first-order valence-corrected chi connectivity index (χ1v) is 15.7. The number of benzene rings is 4. The number of aromatic nitrogens is 4. The van der Waals surface area contributed by atoms with Gasteiger partial charge in [-0.15, -0.1) is 0 Å². The quantitative estimate of drug-likeness (QED) is 0.185. The summed E-state index contributed by atoms with van der Waals surface area (Å²) in [7, 11) is 0. The number of hydrogen-bond donors (Lipinski definition) is 0. The number of fused-ring (bicyclic) bond motifs is 3. The van der Waals surface area contributed by atoms with Crippen molar-refractivity contribution in [2.75, 3.05) is 0 Å². The van der Waals surface area contributed by atoms with Crippen molar-refractivity contribution in [1.82, 2.24) is 19.3 Å². The Balaban J connectivity index is 1.25. The highest BCUT2D eigenvalue weighted by atomic mass is 16.5. The zero-order chi connectivity index (χ0) is 31.2. The van der Waals surface area contributed by atoms with Crippen LogP contribution in [0.2, 0.25) is 0 Å². The lowest BCUT2D eigenvalue weighted by atomic mass is 9.84. The molecule has 0 aliphatic carbocycles. The minimum Gasteiger partial charge on any atom is -0.457 e. The molecule has 3 aromatic heterocycles. The molecule has 0 N–H and O–H groups in total. The first-order valence-electron chi connectivity index (χ1n) is 15.7. The number of pyridine rings is 1. The van der Waals surface area contributed by atoms with Crippen molar-refractivity contribution in [3.8, 4) is 34.1 Å². The van der Waals surface area contributed by atoms with E-state index in [-0.39, 0.29) is 0 Å². The van der Waals surface area contributed by atoms with Crippen molar-refractivity contribution in [1.29, 1.82) is 0 Å². The van der Waals surface area contributed by atoms with Crippen LogP contribution < -0.4 is 4.74 Å². The van der Waals surface area contributed by atoms with E-state index in [1.54, 1.807) is 0 Å². The van der Waals surface area contributed by atoms with Gasteiger partial charge >= 0.3 is 0 Å². The smallest absolute Gasteiger partial charge is 0.137 e. The molecule has 5 nitrogen and oxygen atoms in total. The lowest BCUT2D eigenvalue weighted by Gasteiger charge is -2.20. The van der Waals surface area contributed by atoms with E-state index in [4.69, 9.17) is 14.8 Å². The number of para-hydroxylation sites is 1. The Kier molecular flexibility index (Phi) is 7.25. The topological polar surface area (TPSA) is 44.9 Å². The van der Waals surface area contributed by atoms with Crippen LogP contribution in [0.1, 0.15) is 61.8 Å². The number of rotatable bonds is 7. The monoisotopic (exact) mass is 590 g/mol. The highest BCUT2D eigenvalue weighted by molar-refractivity contribution is 6.09. The highest BCUT2D eigenvalue weighted by Crippen LogP contribution is 2.38. The van der Waals surface area contributed by atoms with E-state index in [0.29, 0.717) is 11.8 Å². The van der Waals surface area contributed by atoms with Gasteiger partial charge in [-0.3, -0.25) is 4.57 Å². The van der Waals surface area contributed by atoms with Crippen LogP contribution in [-0.2, 0) is 0 Å². The summed E-state index contributed by atoms with van der Waals surface area (Å²) in [4.78, 5) is 4.71. The van der Waals surface area contributed by atoms with Gasteiger partial charge in [-0.1, -0.05) is 69.7 Å².